The second kappa shape index (κ2) is 4.37. The second-order valence-electron chi connectivity index (χ2n) is 3.08. The van der Waals surface area contributed by atoms with Crippen LogP contribution in [0.3, 0.4) is 0 Å². The molecule has 1 fully saturated rings. The molecular formula is C9H19N2+. The minimum Gasteiger partial charge on any atom is -0.269 e. The minimum atomic E-state index is 1.13. The first-order valence-corrected chi connectivity index (χ1v) is 4.70. The number of hydrogen-bond donors (Lipinski definition) is 0. The molecular weight excluding hydrogens is 136 g/mol. The van der Waals surface area contributed by atoms with Crippen molar-refractivity contribution in [3.63, 3.8) is 0 Å². The number of nitrogens with zero attached hydrogens (tertiary/aromatic N) is 2. The maximum atomic E-state index is 2.42. The molecule has 0 atom stereocenters. The highest BCUT2D eigenvalue weighted by Crippen LogP contribution is 2.00. The molecule has 0 radical (unpaired) electrons. The lowest BCUT2D eigenvalue weighted by atomic mass is 10.4. The van der Waals surface area contributed by atoms with Crippen molar-refractivity contribution in [3.05, 3.63) is 0 Å². The Morgan fingerprint density at radius 1 is 1.18 bits per heavy atom. The van der Waals surface area contributed by atoms with Crippen molar-refractivity contribution in [1.29, 1.82) is 0 Å². The summed E-state index contributed by atoms with van der Waals surface area (Å²) in [5.41, 5.74) is 0. The predicted molar refractivity (Wildman–Crippen MR) is 48.2 cm³/mol. The van der Waals surface area contributed by atoms with E-state index < -0.39 is 0 Å². The van der Waals surface area contributed by atoms with Crippen LogP contribution >= 0.6 is 0 Å². The lowest BCUT2D eigenvalue weighted by Crippen LogP contribution is -2.27. The van der Waals surface area contributed by atoms with Gasteiger partial charge in [0.15, 0.2) is 0 Å². The third-order valence-corrected chi connectivity index (χ3v) is 2.28. The van der Waals surface area contributed by atoms with E-state index in [1.165, 1.54) is 25.9 Å². The average Bonchev–Trinajstić information content (AvgIpc) is 2.52. The molecule has 0 unspecified atom stereocenters. The Labute approximate surface area is 69.5 Å². The van der Waals surface area contributed by atoms with Crippen molar-refractivity contribution >= 4 is 6.34 Å². The molecule has 0 bridgehead atoms. The number of hydrogen-bond acceptors (Lipinski definition) is 0. The lowest BCUT2D eigenvalue weighted by molar-refractivity contribution is -0.505. The van der Waals surface area contributed by atoms with Crippen LogP contribution in [0.1, 0.15) is 26.7 Å². The molecule has 2 heteroatoms. The smallest absolute Gasteiger partial charge is 0.234 e. The van der Waals surface area contributed by atoms with Crippen LogP contribution in [0.25, 0.3) is 0 Å². The summed E-state index contributed by atoms with van der Waals surface area (Å²) in [5.74, 6) is 0. The minimum absolute atomic E-state index is 1.13. The Hall–Kier alpha value is -0.530. The zero-order chi connectivity index (χ0) is 8.10. The van der Waals surface area contributed by atoms with E-state index in [0.29, 0.717) is 0 Å². The second-order valence-corrected chi connectivity index (χ2v) is 3.08. The summed E-state index contributed by atoms with van der Waals surface area (Å²) in [7, 11) is 0. The van der Waals surface area contributed by atoms with Gasteiger partial charge >= 0.3 is 0 Å². The third kappa shape index (κ3) is 2.52. The van der Waals surface area contributed by atoms with Gasteiger partial charge in [0.2, 0.25) is 6.34 Å². The van der Waals surface area contributed by atoms with Crippen molar-refractivity contribution in [2.24, 2.45) is 0 Å². The van der Waals surface area contributed by atoms with E-state index in [4.69, 9.17) is 0 Å². The topological polar surface area (TPSA) is 6.25 Å². The van der Waals surface area contributed by atoms with Crippen molar-refractivity contribution in [1.82, 2.24) is 4.90 Å². The molecule has 1 saturated heterocycles. The molecule has 0 aromatic heterocycles. The van der Waals surface area contributed by atoms with Gasteiger partial charge in [-0.3, -0.25) is 9.48 Å². The molecule has 1 aliphatic rings. The lowest BCUT2D eigenvalue weighted by Gasteiger charge is -2.08. The molecule has 0 saturated carbocycles. The fourth-order valence-electron chi connectivity index (χ4n) is 1.47. The molecule has 0 N–H and O–H groups in total. The summed E-state index contributed by atoms with van der Waals surface area (Å²) >= 11 is 0. The van der Waals surface area contributed by atoms with Gasteiger partial charge in [0.1, 0.15) is 0 Å². The molecule has 0 aromatic carbocycles. The van der Waals surface area contributed by atoms with E-state index >= 15 is 0 Å². The fourth-order valence-corrected chi connectivity index (χ4v) is 1.47. The summed E-state index contributed by atoms with van der Waals surface area (Å²) in [6, 6.07) is 0. The standard InChI is InChI=1S/C9H19N2/c1-3-10(4-2)9-11-7-5-6-8-11/h9H,3-8H2,1-2H3/q+1. The van der Waals surface area contributed by atoms with Crippen LogP contribution in [-0.4, -0.2) is 42.0 Å². The summed E-state index contributed by atoms with van der Waals surface area (Å²) in [5, 5.41) is 0. The van der Waals surface area contributed by atoms with E-state index in [-0.39, 0.29) is 0 Å². The third-order valence-electron chi connectivity index (χ3n) is 2.28. The SMILES string of the molecule is CCN(C=[N+]1CCCC1)CC. The van der Waals surface area contributed by atoms with Gasteiger partial charge in [0.05, 0.1) is 26.2 Å². The first kappa shape index (κ1) is 8.57. The van der Waals surface area contributed by atoms with Crippen molar-refractivity contribution < 1.29 is 4.58 Å². The van der Waals surface area contributed by atoms with E-state index in [1.54, 1.807) is 0 Å². The number of rotatable bonds is 3. The summed E-state index contributed by atoms with van der Waals surface area (Å²) in [4.78, 5) is 2.35. The fraction of sp³-hybridized carbons (Fsp3) is 0.889. The summed E-state index contributed by atoms with van der Waals surface area (Å²) < 4.78 is 2.42. The highest BCUT2D eigenvalue weighted by atomic mass is 15.2. The van der Waals surface area contributed by atoms with Crippen LogP contribution in [0.4, 0.5) is 0 Å². The molecule has 11 heavy (non-hydrogen) atoms. The normalized spacial score (nSPS) is 17.1. The molecule has 2 nitrogen and oxygen atoms in total. The van der Waals surface area contributed by atoms with Gasteiger partial charge in [0, 0.05) is 0 Å². The Morgan fingerprint density at radius 2 is 1.73 bits per heavy atom. The maximum absolute atomic E-state index is 2.42. The molecule has 64 valence electrons. The first-order chi connectivity index (χ1) is 5.36. The molecule has 1 heterocycles. The largest absolute Gasteiger partial charge is 0.269 e. The van der Waals surface area contributed by atoms with Crippen LogP contribution in [0.15, 0.2) is 0 Å². The van der Waals surface area contributed by atoms with Gasteiger partial charge in [-0.05, 0) is 26.7 Å². The molecule has 1 aliphatic heterocycles. The van der Waals surface area contributed by atoms with Crippen molar-refractivity contribution in [3.8, 4) is 0 Å². The molecule has 0 amide bonds. The van der Waals surface area contributed by atoms with E-state index in [2.05, 4.69) is 29.7 Å². The predicted octanol–water partition coefficient (Wildman–Crippen LogP) is 1.16. The van der Waals surface area contributed by atoms with Crippen LogP contribution in [0, 0.1) is 0 Å². The van der Waals surface area contributed by atoms with Gasteiger partial charge in [-0.15, -0.1) is 0 Å². The monoisotopic (exact) mass is 155 g/mol. The summed E-state index contributed by atoms with van der Waals surface area (Å²) in [6.07, 6.45) is 5.03. The molecule has 0 spiro atoms. The maximum Gasteiger partial charge on any atom is 0.234 e. The Balaban J connectivity index is 2.40. The molecule has 0 aromatic rings. The van der Waals surface area contributed by atoms with E-state index in [1.807, 2.05) is 0 Å². The quantitative estimate of drug-likeness (QED) is 0.438. The Morgan fingerprint density at radius 3 is 2.18 bits per heavy atom. The Bertz CT molecular complexity index is 128. The average molecular weight is 155 g/mol. The van der Waals surface area contributed by atoms with Crippen LogP contribution < -0.4 is 0 Å². The molecule has 1 rings (SSSR count). The van der Waals surface area contributed by atoms with E-state index in [0.717, 1.165) is 13.1 Å². The highest BCUT2D eigenvalue weighted by Gasteiger charge is 2.10. The van der Waals surface area contributed by atoms with Crippen molar-refractivity contribution in [2.75, 3.05) is 26.2 Å². The highest BCUT2D eigenvalue weighted by molar-refractivity contribution is 5.48. The van der Waals surface area contributed by atoms with Crippen LogP contribution in [-0.2, 0) is 0 Å². The van der Waals surface area contributed by atoms with Crippen LogP contribution in [0.5, 0.6) is 0 Å². The van der Waals surface area contributed by atoms with Gasteiger partial charge in [-0.2, -0.15) is 0 Å². The van der Waals surface area contributed by atoms with Crippen molar-refractivity contribution in [2.45, 2.75) is 26.7 Å². The summed E-state index contributed by atoms with van der Waals surface area (Å²) in [6.45, 7) is 9.19. The molecule has 0 aliphatic carbocycles. The van der Waals surface area contributed by atoms with Gasteiger partial charge in [0.25, 0.3) is 0 Å². The zero-order valence-corrected chi connectivity index (χ0v) is 7.71. The van der Waals surface area contributed by atoms with Crippen LogP contribution in [0.2, 0.25) is 0 Å². The van der Waals surface area contributed by atoms with Gasteiger partial charge < -0.3 is 0 Å². The van der Waals surface area contributed by atoms with Gasteiger partial charge in [-0.1, -0.05) is 0 Å². The zero-order valence-electron chi connectivity index (χ0n) is 7.71. The van der Waals surface area contributed by atoms with Gasteiger partial charge in [-0.25, -0.2) is 0 Å². The Kier molecular flexibility index (Phi) is 3.40. The first-order valence-electron chi connectivity index (χ1n) is 4.70. The van der Waals surface area contributed by atoms with E-state index in [9.17, 15) is 0 Å².